The molecule has 0 heterocycles. The Labute approximate surface area is 109 Å². The normalized spacial score (nSPS) is 9.68. The number of carbonyl (C=O) groups excluding carboxylic acids is 5. The number of allylic oxidation sites excluding steroid dienone is 1. The minimum atomic E-state index is -0.737. The summed E-state index contributed by atoms with van der Waals surface area (Å²) in [7, 11) is 0. The van der Waals surface area contributed by atoms with Crippen LogP contribution in [-0.2, 0) is 28.8 Å². The van der Waals surface area contributed by atoms with Crippen LogP contribution in [0.4, 0.5) is 0 Å². The second-order valence-corrected chi connectivity index (χ2v) is 3.24. The van der Waals surface area contributed by atoms with Gasteiger partial charge >= 0.3 is 5.97 Å². The molecular formula is C11H14N2O6. The number of hydrogen-bond acceptors (Lipinski definition) is 6. The number of amides is 2. The SMILES string of the molecule is O=C/C=C\C(=O)NCCC(=O)ONC(=O)CCC=O. The number of rotatable bonds is 8. The van der Waals surface area contributed by atoms with Gasteiger partial charge in [-0.15, -0.1) is 0 Å². The molecule has 2 amide bonds. The van der Waals surface area contributed by atoms with Gasteiger partial charge in [0.05, 0.1) is 6.42 Å². The molecule has 19 heavy (non-hydrogen) atoms. The first-order chi connectivity index (χ1) is 9.10. The third-order valence-electron chi connectivity index (χ3n) is 1.72. The van der Waals surface area contributed by atoms with E-state index < -0.39 is 17.8 Å². The lowest BCUT2D eigenvalue weighted by atomic mass is 10.3. The fourth-order valence-electron chi connectivity index (χ4n) is 0.879. The molecule has 0 unspecified atom stereocenters. The van der Waals surface area contributed by atoms with Gasteiger partial charge in [-0.25, -0.2) is 4.79 Å². The fraction of sp³-hybridized carbons (Fsp3) is 0.364. The van der Waals surface area contributed by atoms with E-state index >= 15 is 0 Å². The van der Waals surface area contributed by atoms with Crippen LogP contribution in [0.2, 0.25) is 0 Å². The molecule has 0 atom stereocenters. The monoisotopic (exact) mass is 270 g/mol. The second kappa shape index (κ2) is 10.6. The molecule has 0 aromatic carbocycles. The van der Waals surface area contributed by atoms with Gasteiger partial charge in [-0.2, -0.15) is 5.48 Å². The minimum absolute atomic E-state index is 0.00503. The Bertz CT molecular complexity index is 377. The van der Waals surface area contributed by atoms with Crippen molar-refractivity contribution in [2.24, 2.45) is 0 Å². The molecule has 0 aliphatic rings. The first-order valence-corrected chi connectivity index (χ1v) is 5.42. The van der Waals surface area contributed by atoms with E-state index in [1.807, 2.05) is 5.48 Å². The molecule has 0 aromatic rings. The summed E-state index contributed by atoms with van der Waals surface area (Å²) in [5.74, 6) is -1.84. The van der Waals surface area contributed by atoms with Gasteiger partial charge in [-0.1, -0.05) is 0 Å². The quantitative estimate of drug-likeness (QED) is 0.325. The maximum absolute atomic E-state index is 11.1. The van der Waals surface area contributed by atoms with Gasteiger partial charge in [0.2, 0.25) is 5.91 Å². The lowest BCUT2D eigenvalue weighted by Crippen LogP contribution is -2.30. The highest BCUT2D eigenvalue weighted by Crippen LogP contribution is 1.87. The predicted octanol–water partition coefficient (Wildman–Crippen LogP) is -1.20. The lowest BCUT2D eigenvalue weighted by Gasteiger charge is -2.05. The summed E-state index contributed by atoms with van der Waals surface area (Å²) in [5.41, 5.74) is 1.87. The number of aldehydes is 2. The van der Waals surface area contributed by atoms with Crippen LogP contribution in [0.5, 0.6) is 0 Å². The summed E-state index contributed by atoms with van der Waals surface area (Å²) >= 11 is 0. The van der Waals surface area contributed by atoms with Crippen molar-refractivity contribution >= 4 is 30.4 Å². The molecule has 0 saturated heterocycles. The Kier molecular flexibility index (Phi) is 9.23. The Morgan fingerprint density at radius 3 is 2.47 bits per heavy atom. The molecular weight excluding hydrogens is 256 g/mol. The van der Waals surface area contributed by atoms with Gasteiger partial charge in [0, 0.05) is 25.5 Å². The Morgan fingerprint density at radius 1 is 1.11 bits per heavy atom. The minimum Gasteiger partial charge on any atom is -0.352 e. The van der Waals surface area contributed by atoms with Gasteiger partial charge < -0.3 is 14.9 Å². The van der Waals surface area contributed by atoms with Crippen LogP contribution in [0.3, 0.4) is 0 Å². The first kappa shape index (κ1) is 16.5. The van der Waals surface area contributed by atoms with E-state index in [0.29, 0.717) is 12.6 Å². The topological polar surface area (TPSA) is 119 Å². The lowest BCUT2D eigenvalue weighted by molar-refractivity contribution is -0.158. The summed E-state index contributed by atoms with van der Waals surface area (Å²) < 4.78 is 0. The molecule has 0 bridgehead atoms. The molecule has 0 saturated carbocycles. The van der Waals surface area contributed by atoms with Gasteiger partial charge in [0.25, 0.3) is 5.91 Å². The van der Waals surface area contributed by atoms with Gasteiger partial charge in [-0.3, -0.25) is 14.4 Å². The van der Waals surface area contributed by atoms with E-state index in [2.05, 4.69) is 10.2 Å². The smallest absolute Gasteiger partial charge is 0.334 e. The van der Waals surface area contributed by atoms with Gasteiger partial charge in [0.1, 0.15) is 12.6 Å². The molecule has 104 valence electrons. The third kappa shape index (κ3) is 10.4. The molecule has 0 aliphatic carbocycles. The fourth-order valence-corrected chi connectivity index (χ4v) is 0.879. The van der Waals surface area contributed by atoms with Crippen LogP contribution < -0.4 is 10.8 Å². The van der Waals surface area contributed by atoms with Crippen LogP contribution >= 0.6 is 0 Å². The summed E-state index contributed by atoms with van der Waals surface area (Å²) in [4.78, 5) is 57.3. The van der Waals surface area contributed by atoms with E-state index in [4.69, 9.17) is 0 Å². The van der Waals surface area contributed by atoms with Crippen LogP contribution in [0.1, 0.15) is 19.3 Å². The maximum Gasteiger partial charge on any atom is 0.334 e. The van der Waals surface area contributed by atoms with Crippen LogP contribution in [0, 0.1) is 0 Å². The van der Waals surface area contributed by atoms with Crippen LogP contribution in [-0.4, -0.2) is 36.9 Å². The molecule has 0 spiro atoms. The highest BCUT2D eigenvalue weighted by Gasteiger charge is 2.07. The van der Waals surface area contributed by atoms with Crippen molar-refractivity contribution in [3.05, 3.63) is 12.2 Å². The highest BCUT2D eigenvalue weighted by molar-refractivity contribution is 5.91. The molecule has 0 rings (SSSR count). The van der Waals surface area contributed by atoms with E-state index in [9.17, 15) is 24.0 Å². The number of hydrogen-bond donors (Lipinski definition) is 2. The predicted molar refractivity (Wildman–Crippen MR) is 62.4 cm³/mol. The van der Waals surface area contributed by atoms with Crippen molar-refractivity contribution < 1.29 is 28.8 Å². The molecule has 0 radical (unpaired) electrons. The average Bonchev–Trinajstić information content (AvgIpc) is 2.40. The highest BCUT2D eigenvalue weighted by atomic mass is 16.7. The summed E-state index contributed by atoms with van der Waals surface area (Å²) in [6.07, 6.45) is 2.88. The van der Waals surface area contributed by atoms with E-state index in [-0.39, 0.29) is 25.8 Å². The van der Waals surface area contributed by atoms with Crippen molar-refractivity contribution in [3.8, 4) is 0 Å². The molecule has 0 aliphatic heterocycles. The second-order valence-electron chi connectivity index (χ2n) is 3.24. The zero-order chi connectivity index (χ0) is 14.5. The van der Waals surface area contributed by atoms with Gasteiger partial charge in [0.15, 0.2) is 0 Å². The summed E-state index contributed by atoms with van der Waals surface area (Å²) in [6.45, 7) is 0.00503. The van der Waals surface area contributed by atoms with E-state index in [0.717, 1.165) is 12.2 Å². The molecule has 0 fully saturated rings. The van der Waals surface area contributed by atoms with Crippen LogP contribution in [0.15, 0.2) is 12.2 Å². The number of carbonyl (C=O) groups is 5. The van der Waals surface area contributed by atoms with Gasteiger partial charge in [-0.05, 0) is 6.08 Å². The first-order valence-electron chi connectivity index (χ1n) is 5.42. The molecule has 0 aromatic heterocycles. The average molecular weight is 270 g/mol. The third-order valence-corrected chi connectivity index (χ3v) is 1.72. The molecule has 8 nitrogen and oxygen atoms in total. The Hall–Kier alpha value is -2.51. The van der Waals surface area contributed by atoms with E-state index in [1.165, 1.54) is 0 Å². The van der Waals surface area contributed by atoms with Crippen molar-refractivity contribution in [1.82, 2.24) is 10.8 Å². The number of hydroxylamine groups is 1. The zero-order valence-corrected chi connectivity index (χ0v) is 10.1. The van der Waals surface area contributed by atoms with Crippen molar-refractivity contribution in [1.29, 1.82) is 0 Å². The summed E-state index contributed by atoms with van der Waals surface area (Å²) in [6, 6.07) is 0. The maximum atomic E-state index is 11.1. The van der Waals surface area contributed by atoms with Crippen molar-refractivity contribution in [3.63, 3.8) is 0 Å². The van der Waals surface area contributed by atoms with Crippen molar-refractivity contribution in [2.75, 3.05) is 6.54 Å². The Morgan fingerprint density at radius 2 is 1.84 bits per heavy atom. The zero-order valence-electron chi connectivity index (χ0n) is 10.1. The Balaban J connectivity index is 3.67. The standard InChI is InChI=1S/C11H14N2O6/c14-7-1-3-9(16)12-6-5-11(18)19-13-10(17)4-2-8-15/h1,3,7-8H,2,4-6H2,(H,12,16)(H,13,17)/b3-1-. The number of nitrogens with one attached hydrogen (secondary N) is 2. The van der Waals surface area contributed by atoms with E-state index in [1.54, 1.807) is 0 Å². The van der Waals surface area contributed by atoms with Crippen molar-refractivity contribution in [2.45, 2.75) is 19.3 Å². The van der Waals surface area contributed by atoms with Crippen LogP contribution in [0.25, 0.3) is 0 Å². The molecule has 8 heteroatoms. The molecule has 2 N–H and O–H groups in total. The summed E-state index contributed by atoms with van der Waals surface area (Å²) in [5, 5.41) is 2.33. The largest absolute Gasteiger partial charge is 0.352 e.